The Bertz CT molecular complexity index is 182. The number of primary amides is 1. The van der Waals surface area contributed by atoms with Crippen molar-refractivity contribution in [3.05, 3.63) is 0 Å². The molecule has 4 heteroatoms. The molecule has 0 heterocycles. The first-order valence-electron chi connectivity index (χ1n) is 4.61. The van der Waals surface area contributed by atoms with Gasteiger partial charge in [-0.05, 0) is 12.8 Å². The highest BCUT2D eigenvalue weighted by molar-refractivity contribution is 7.80. The third-order valence-corrected chi connectivity index (χ3v) is 2.69. The van der Waals surface area contributed by atoms with Gasteiger partial charge in [-0.2, -0.15) is 0 Å². The van der Waals surface area contributed by atoms with Gasteiger partial charge in [0.1, 0.15) is 0 Å². The zero-order valence-corrected chi connectivity index (χ0v) is 9.12. The molecule has 13 heavy (non-hydrogen) atoms. The highest BCUT2D eigenvalue weighted by atomic mass is 32.1. The van der Waals surface area contributed by atoms with Crippen LogP contribution in [0.1, 0.15) is 39.5 Å². The van der Waals surface area contributed by atoms with Crippen LogP contribution < -0.4 is 11.5 Å². The quantitative estimate of drug-likeness (QED) is 0.639. The Labute approximate surface area is 84.9 Å². The summed E-state index contributed by atoms with van der Waals surface area (Å²) in [7, 11) is 0. The van der Waals surface area contributed by atoms with E-state index in [4.69, 9.17) is 23.7 Å². The minimum Gasteiger partial charge on any atom is -0.392 e. The molecule has 0 bridgehead atoms. The van der Waals surface area contributed by atoms with Crippen molar-refractivity contribution in [3.8, 4) is 0 Å². The molecule has 0 unspecified atom stereocenters. The Balaban J connectivity index is 4.80. The van der Waals surface area contributed by atoms with Gasteiger partial charge >= 0.3 is 0 Å². The van der Waals surface area contributed by atoms with Gasteiger partial charge in [-0.1, -0.05) is 38.9 Å². The van der Waals surface area contributed by atoms with Crippen LogP contribution in [0.4, 0.5) is 0 Å². The molecule has 0 radical (unpaired) electrons. The number of hydrogen-bond acceptors (Lipinski definition) is 2. The van der Waals surface area contributed by atoms with Crippen molar-refractivity contribution >= 4 is 23.1 Å². The van der Waals surface area contributed by atoms with Gasteiger partial charge in [0.05, 0.1) is 10.4 Å². The molecule has 0 aromatic carbocycles. The number of amides is 1. The minimum atomic E-state index is -0.751. The van der Waals surface area contributed by atoms with Crippen molar-refractivity contribution in [1.29, 1.82) is 0 Å². The van der Waals surface area contributed by atoms with E-state index in [1.165, 1.54) is 0 Å². The van der Waals surface area contributed by atoms with Crippen LogP contribution >= 0.6 is 12.2 Å². The maximum Gasteiger partial charge on any atom is 0.230 e. The standard InChI is InChI=1S/C9H18N2OS/c1-3-5-9(6-4-2,7(10)12)8(11)13/h3-6H2,1-2H3,(H2,10,12)(H2,11,13). The summed E-state index contributed by atoms with van der Waals surface area (Å²) in [5.74, 6) is -0.385. The van der Waals surface area contributed by atoms with E-state index in [9.17, 15) is 4.79 Å². The van der Waals surface area contributed by atoms with Gasteiger partial charge in [0, 0.05) is 0 Å². The van der Waals surface area contributed by atoms with Crippen LogP contribution in [0.2, 0.25) is 0 Å². The Hall–Kier alpha value is -0.640. The second-order valence-corrected chi connectivity index (χ2v) is 3.75. The first kappa shape index (κ1) is 12.4. The van der Waals surface area contributed by atoms with Crippen LogP contribution in [-0.2, 0) is 4.79 Å². The highest BCUT2D eigenvalue weighted by Crippen LogP contribution is 2.29. The molecular weight excluding hydrogens is 184 g/mol. The van der Waals surface area contributed by atoms with E-state index >= 15 is 0 Å². The summed E-state index contributed by atoms with van der Waals surface area (Å²) in [5, 5.41) is 0. The first-order valence-corrected chi connectivity index (χ1v) is 5.02. The Morgan fingerprint density at radius 3 is 1.77 bits per heavy atom. The number of carbonyl (C=O) groups excluding carboxylic acids is 1. The number of rotatable bonds is 6. The summed E-state index contributed by atoms with van der Waals surface area (Å²) in [6.45, 7) is 3.98. The Morgan fingerprint density at radius 1 is 1.23 bits per heavy atom. The molecule has 0 saturated carbocycles. The minimum absolute atomic E-state index is 0.240. The molecule has 0 aliphatic rings. The smallest absolute Gasteiger partial charge is 0.230 e. The summed E-state index contributed by atoms with van der Waals surface area (Å²) in [6, 6.07) is 0. The fourth-order valence-corrected chi connectivity index (χ4v) is 1.90. The maximum atomic E-state index is 11.3. The lowest BCUT2D eigenvalue weighted by molar-refractivity contribution is -0.124. The van der Waals surface area contributed by atoms with Crippen LogP contribution in [-0.4, -0.2) is 10.9 Å². The summed E-state index contributed by atoms with van der Waals surface area (Å²) >= 11 is 4.91. The number of nitrogens with two attached hydrogens (primary N) is 2. The predicted octanol–water partition coefficient (Wildman–Crippen LogP) is 1.34. The van der Waals surface area contributed by atoms with Crippen LogP contribution in [0.15, 0.2) is 0 Å². The van der Waals surface area contributed by atoms with Crippen LogP contribution in [0.3, 0.4) is 0 Å². The van der Waals surface area contributed by atoms with E-state index < -0.39 is 5.41 Å². The van der Waals surface area contributed by atoms with Gasteiger partial charge in [-0.15, -0.1) is 0 Å². The lowest BCUT2D eigenvalue weighted by Crippen LogP contribution is -2.46. The fraction of sp³-hybridized carbons (Fsp3) is 0.778. The first-order chi connectivity index (χ1) is 6.01. The maximum absolute atomic E-state index is 11.3. The highest BCUT2D eigenvalue weighted by Gasteiger charge is 2.37. The summed E-state index contributed by atoms with van der Waals surface area (Å²) < 4.78 is 0. The van der Waals surface area contributed by atoms with Crippen LogP contribution in [0, 0.1) is 5.41 Å². The third-order valence-electron chi connectivity index (χ3n) is 2.30. The van der Waals surface area contributed by atoms with Gasteiger partial charge in [0.2, 0.25) is 5.91 Å². The lowest BCUT2D eigenvalue weighted by atomic mass is 9.78. The van der Waals surface area contributed by atoms with Crippen molar-refractivity contribution in [2.45, 2.75) is 39.5 Å². The van der Waals surface area contributed by atoms with Crippen molar-refractivity contribution in [1.82, 2.24) is 0 Å². The molecule has 0 aliphatic carbocycles. The van der Waals surface area contributed by atoms with Gasteiger partial charge in [0.25, 0.3) is 0 Å². The average molecular weight is 202 g/mol. The largest absolute Gasteiger partial charge is 0.392 e. The van der Waals surface area contributed by atoms with E-state index in [-0.39, 0.29) is 10.9 Å². The van der Waals surface area contributed by atoms with E-state index in [2.05, 4.69) is 0 Å². The molecule has 0 aliphatic heterocycles. The van der Waals surface area contributed by atoms with E-state index in [1.54, 1.807) is 0 Å². The molecule has 0 saturated heterocycles. The number of hydrogen-bond donors (Lipinski definition) is 2. The number of thiocarbonyl (C=S) groups is 1. The molecule has 0 fully saturated rings. The molecule has 0 spiro atoms. The van der Waals surface area contributed by atoms with Crippen molar-refractivity contribution in [2.24, 2.45) is 16.9 Å². The van der Waals surface area contributed by atoms with Gasteiger partial charge < -0.3 is 11.5 Å². The van der Waals surface area contributed by atoms with Crippen molar-refractivity contribution in [2.75, 3.05) is 0 Å². The second kappa shape index (κ2) is 5.17. The lowest BCUT2D eigenvalue weighted by Gasteiger charge is -2.28. The van der Waals surface area contributed by atoms with Crippen LogP contribution in [0.5, 0.6) is 0 Å². The number of carbonyl (C=O) groups is 1. The molecule has 0 atom stereocenters. The Morgan fingerprint density at radius 2 is 1.62 bits per heavy atom. The van der Waals surface area contributed by atoms with E-state index in [1.807, 2.05) is 13.8 Å². The molecule has 0 aromatic heterocycles. The zero-order chi connectivity index (χ0) is 10.5. The molecule has 3 nitrogen and oxygen atoms in total. The SMILES string of the molecule is CCCC(CCC)(C(N)=O)C(N)=S. The van der Waals surface area contributed by atoms with E-state index in [0.29, 0.717) is 12.8 Å². The summed E-state index contributed by atoms with van der Waals surface area (Å²) in [5.41, 5.74) is 10.2. The van der Waals surface area contributed by atoms with Crippen LogP contribution in [0.25, 0.3) is 0 Å². The molecule has 0 rings (SSSR count). The normalized spacial score (nSPS) is 11.2. The van der Waals surface area contributed by atoms with Gasteiger partial charge in [-0.25, -0.2) is 0 Å². The molecule has 4 N–H and O–H groups in total. The van der Waals surface area contributed by atoms with E-state index in [0.717, 1.165) is 12.8 Å². The molecular formula is C9H18N2OS. The van der Waals surface area contributed by atoms with Gasteiger partial charge in [0.15, 0.2) is 0 Å². The summed E-state index contributed by atoms with van der Waals surface area (Å²) in [4.78, 5) is 11.5. The monoisotopic (exact) mass is 202 g/mol. The third kappa shape index (κ3) is 2.66. The molecule has 0 aromatic rings. The molecule has 76 valence electrons. The van der Waals surface area contributed by atoms with Crippen molar-refractivity contribution < 1.29 is 4.79 Å². The average Bonchev–Trinajstić information content (AvgIpc) is 2.03. The Kier molecular flexibility index (Phi) is 4.91. The van der Waals surface area contributed by atoms with Gasteiger partial charge in [-0.3, -0.25) is 4.79 Å². The molecule has 1 amide bonds. The predicted molar refractivity (Wildman–Crippen MR) is 58.2 cm³/mol. The topological polar surface area (TPSA) is 69.1 Å². The second-order valence-electron chi connectivity index (χ2n) is 3.31. The zero-order valence-electron chi connectivity index (χ0n) is 8.30. The summed E-state index contributed by atoms with van der Waals surface area (Å²) in [6.07, 6.45) is 3.04. The fourth-order valence-electron chi connectivity index (χ4n) is 1.59. The van der Waals surface area contributed by atoms with Crippen molar-refractivity contribution in [3.63, 3.8) is 0 Å².